The van der Waals surface area contributed by atoms with Crippen LogP contribution in [0, 0.1) is 0 Å². The summed E-state index contributed by atoms with van der Waals surface area (Å²) in [5, 5.41) is 0.486. The number of fused-ring (bicyclic) bond motifs is 2. The van der Waals surface area contributed by atoms with E-state index in [1.54, 1.807) is 19.4 Å². The third-order valence-corrected chi connectivity index (χ3v) is 5.88. The lowest BCUT2D eigenvalue weighted by molar-refractivity contribution is 0.0596. The molecule has 1 aliphatic rings. The minimum atomic E-state index is -0.143. The summed E-state index contributed by atoms with van der Waals surface area (Å²) in [4.78, 5) is 33.3. The van der Waals surface area contributed by atoms with E-state index < -0.39 is 0 Å². The third-order valence-electron chi connectivity index (χ3n) is 5.88. The van der Waals surface area contributed by atoms with E-state index in [4.69, 9.17) is 9.72 Å². The van der Waals surface area contributed by atoms with E-state index in [0.717, 1.165) is 38.6 Å². The molecule has 7 heteroatoms. The van der Waals surface area contributed by atoms with Crippen LogP contribution in [-0.4, -0.2) is 51.1 Å². The Labute approximate surface area is 169 Å². The van der Waals surface area contributed by atoms with Crippen molar-refractivity contribution in [2.24, 2.45) is 0 Å². The van der Waals surface area contributed by atoms with E-state index in [1.807, 2.05) is 27.7 Å². The smallest absolute Gasteiger partial charge is 0.270 e. The lowest BCUT2D eigenvalue weighted by Gasteiger charge is -2.35. The number of methoxy groups -OCH3 is 1. The number of carbonyl (C=O) groups excluding carboxylic acids is 1. The zero-order valence-electron chi connectivity index (χ0n) is 17.1. The van der Waals surface area contributed by atoms with Crippen molar-refractivity contribution < 1.29 is 9.53 Å². The molecule has 154 valence electrons. The predicted octanol–water partition coefficient (Wildman–Crippen LogP) is 3.09. The molecule has 4 rings (SSSR count). The lowest BCUT2D eigenvalue weighted by atomic mass is 9.99. The van der Waals surface area contributed by atoms with Crippen molar-refractivity contribution in [2.75, 3.05) is 20.3 Å². The fourth-order valence-corrected chi connectivity index (χ4v) is 4.36. The Morgan fingerprint density at radius 3 is 2.97 bits per heavy atom. The summed E-state index contributed by atoms with van der Waals surface area (Å²) in [7, 11) is 1.66. The van der Waals surface area contributed by atoms with Crippen LogP contribution in [-0.2, 0) is 11.3 Å². The second-order valence-corrected chi connectivity index (χ2v) is 7.67. The quantitative estimate of drug-likeness (QED) is 0.601. The molecule has 0 aliphatic carbocycles. The van der Waals surface area contributed by atoms with Crippen LogP contribution < -0.4 is 5.56 Å². The van der Waals surface area contributed by atoms with Crippen LogP contribution in [0.1, 0.15) is 49.5 Å². The first kappa shape index (κ1) is 19.6. The van der Waals surface area contributed by atoms with Crippen molar-refractivity contribution in [1.29, 1.82) is 0 Å². The molecule has 1 atom stereocenters. The van der Waals surface area contributed by atoms with E-state index in [-0.39, 0.29) is 17.5 Å². The molecular formula is C22H28N4O3. The van der Waals surface area contributed by atoms with Crippen LogP contribution in [0.5, 0.6) is 0 Å². The molecule has 7 nitrogen and oxygen atoms in total. The van der Waals surface area contributed by atoms with Crippen molar-refractivity contribution in [3.05, 3.63) is 46.5 Å². The molecule has 0 N–H and O–H groups in total. The van der Waals surface area contributed by atoms with Crippen LogP contribution >= 0.6 is 0 Å². The van der Waals surface area contributed by atoms with E-state index >= 15 is 0 Å². The summed E-state index contributed by atoms with van der Waals surface area (Å²) in [6.07, 6.45) is 6.63. The largest absolute Gasteiger partial charge is 0.385 e. The number of aromatic nitrogens is 3. The molecule has 29 heavy (non-hydrogen) atoms. The lowest BCUT2D eigenvalue weighted by Crippen LogP contribution is -2.44. The van der Waals surface area contributed by atoms with Crippen molar-refractivity contribution in [3.63, 3.8) is 0 Å². The number of piperidine rings is 1. The van der Waals surface area contributed by atoms with Crippen LogP contribution in [0.4, 0.5) is 0 Å². The average molecular weight is 396 g/mol. The van der Waals surface area contributed by atoms with Gasteiger partial charge in [-0.25, -0.2) is 4.98 Å². The molecular weight excluding hydrogens is 368 g/mol. The molecule has 0 radical (unpaired) electrons. The van der Waals surface area contributed by atoms with Crippen LogP contribution in [0.2, 0.25) is 0 Å². The number of rotatable bonds is 6. The van der Waals surface area contributed by atoms with Gasteiger partial charge >= 0.3 is 0 Å². The first-order valence-corrected chi connectivity index (χ1v) is 10.5. The molecule has 4 heterocycles. The Morgan fingerprint density at radius 1 is 1.31 bits per heavy atom. The fourth-order valence-electron chi connectivity index (χ4n) is 4.36. The Bertz CT molecular complexity index is 1080. The van der Waals surface area contributed by atoms with Crippen LogP contribution in [0.25, 0.3) is 16.7 Å². The summed E-state index contributed by atoms with van der Waals surface area (Å²) in [6, 6.07) is 7.48. The van der Waals surface area contributed by atoms with Gasteiger partial charge in [0.15, 0.2) is 0 Å². The van der Waals surface area contributed by atoms with Gasteiger partial charge in [-0.3, -0.25) is 14.0 Å². The zero-order chi connectivity index (χ0) is 20.4. The molecule has 3 aromatic heterocycles. The van der Waals surface area contributed by atoms with Gasteiger partial charge in [0.2, 0.25) is 0 Å². The van der Waals surface area contributed by atoms with Crippen LogP contribution in [0.3, 0.4) is 0 Å². The summed E-state index contributed by atoms with van der Waals surface area (Å²) >= 11 is 0. The first-order chi connectivity index (χ1) is 14.2. The van der Waals surface area contributed by atoms with Gasteiger partial charge in [-0.1, -0.05) is 13.0 Å². The van der Waals surface area contributed by atoms with Crippen molar-refractivity contribution in [3.8, 4) is 0 Å². The Balaban J connectivity index is 1.86. The molecule has 1 unspecified atom stereocenters. The highest BCUT2D eigenvalue weighted by atomic mass is 16.5. The minimum Gasteiger partial charge on any atom is -0.385 e. The van der Waals surface area contributed by atoms with Gasteiger partial charge in [-0.15, -0.1) is 0 Å². The normalized spacial score (nSPS) is 17.3. The van der Waals surface area contributed by atoms with Crippen molar-refractivity contribution >= 4 is 22.6 Å². The van der Waals surface area contributed by atoms with Gasteiger partial charge in [0, 0.05) is 39.0 Å². The van der Waals surface area contributed by atoms with Crippen molar-refractivity contribution in [1.82, 2.24) is 18.9 Å². The number of ether oxygens (including phenoxy) is 1. The number of amides is 1. The Hall–Kier alpha value is -2.67. The molecule has 0 saturated carbocycles. The molecule has 1 aliphatic heterocycles. The van der Waals surface area contributed by atoms with E-state index in [9.17, 15) is 9.59 Å². The van der Waals surface area contributed by atoms with Crippen molar-refractivity contribution in [2.45, 2.75) is 51.6 Å². The number of hydrogen-bond acceptors (Lipinski definition) is 4. The number of carbonyl (C=O) groups is 1. The number of likely N-dealkylation sites (tertiary alicyclic amines) is 1. The molecule has 0 spiro atoms. The summed E-state index contributed by atoms with van der Waals surface area (Å²) in [5.41, 5.74) is 1.57. The summed E-state index contributed by atoms with van der Waals surface area (Å²) in [5.74, 6) is 0.000392. The van der Waals surface area contributed by atoms with Gasteiger partial charge in [0.1, 0.15) is 17.0 Å². The topological polar surface area (TPSA) is 68.8 Å². The number of hydrogen-bond donors (Lipinski definition) is 0. The highest BCUT2D eigenvalue weighted by Gasteiger charge is 2.29. The zero-order valence-corrected chi connectivity index (χ0v) is 17.1. The number of pyridine rings is 1. The average Bonchev–Trinajstić information content (AvgIpc) is 3.12. The first-order valence-electron chi connectivity index (χ1n) is 10.5. The van der Waals surface area contributed by atoms with E-state index in [0.29, 0.717) is 35.5 Å². The van der Waals surface area contributed by atoms with Gasteiger partial charge < -0.3 is 14.2 Å². The molecule has 0 aromatic carbocycles. The molecule has 1 fully saturated rings. The highest BCUT2D eigenvalue weighted by molar-refractivity contribution is 5.98. The fraction of sp³-hybridized carbons (Fsp3) is 0.500. The molecule has 1 amide bonds. The molecule has 1 saturated heterocycles. The van der Waals surface area contributed by atoms with Gasteiger partial charge in [-0.2, -0.15) is 0 Å². The number of aryl methyl sites for hydroxylation is 1. The second-order valence-electron chi connectivity index (χ2n) is 7.67. The predicted molar refractivity (Wildman–Crippen MR) is 112 cm³/mol. The minimum absolute atomic E-state index is 0.000392. The van der Waals surface area contributed by atoms with E-state index in [1.165, 1.54) is 4.40 Å². The Kier molecular flexibility index (Phi) is 5.67. The Morgan fingerprint density at radius 2 is 2.17 bits per heavy atom. The van der Waals surface area contributed by atoms with E-state index in [2.05, 4.69) is 6.92 Å². The van der Waals surface area contributed by atoms with Gasteiger partial charge in [0.25, 0.3) is 11.5 Å². The van der Waals surface area contributed by atoms with Gasteiger partial charge in [0.05, 0.1) is 5.39 Å². The second kappa shape index (κ2) is 8.37. The highest BCUT2D eigenvalue weighted by Crippen LogP contribution is 2.24. The summed E-state index contributed by atoms with van der Waals surface area (Å²) in [6.45, 7) is 4.07. The monoisotopic (exact) mass is 396 g/mol. The maximum absolute atomic E-state index is 13.5. The molecule has 3 aromatic rings. The molecule has 0 bridgehead atoms. The third kappa shape index (κ3) is 3.55. The maximum Gasteiger partial charge on any atom is 0.270 e. The summed E-state index contributed by atoms with van der Waals surface area (Å²) < 4.78 is 8.65. The standard InChI is InChI=1S/C22H28N4O3/c1-3-16-9-4-6-11-24(16)22(28)18-15-17-20(25(18)13-8-14-29-2)23-19-10-5-7-12-26(19)21(17)27/h5,7,10,12,15-16H,3-4,6,8-9,11,13-14H2,1-2H3. The maximum atomic E-state index is 13.5. The van der Waals surface area contributed by atoms with Crippen LogP contribution in [0.15, 0.2) is 35.3 Å². The van der Waals surface area contributed by atoms with Gasteiger partial charge in [-0.05, 0) is 50.3 Å². The SMILES string of the molecule is CCC1CCCCN1C(=O)c1cc2c(=O)n3ccccc3nc2n1CCCOC. The number of nitrogens with zero attached hydrogens (tertiary/aromatic N) is 4.